The van der Waals surface area contributed by atoms with Crippen LogP contribution in [0.25, 0.3) is 11.4 Å². The van der Waals surface area contributed by atoms with Crippen LogP contribution in [0, 0.1) is 0 Å². The third kappa shape index (κ3) is 5.65. The van der Waals surface area contributed by atoms with Gasteiger partial charge in [0.1, 0.15) is 0 Å². The van der Waals surface area contributed by atoms with Crippen molar-refractivity contribution < 1.29 is 9.59 Å². The zero-order chi connectivity index (χ0) is 25.3. The molecule has 0 unspecified atom stereocenters. The van der Waals surface area contributed by atoms with Gasteiger partial charge in [-0.1, -0.05) is 50.0 Å². The van der Waals surface area contributed by atoms with Gasteiger partial charge in [-0.15, -0.1) is 35.8 Å². The molecule has 0 saturated carbocycles. The van der Waals surface area contributed by atoms with Gasteiger partial charge >= 0.3 is 0 Å². The minimum Gasteiger partial charge on any atom is -0.306 e. The van der Waals surface area contributed by atoms with Crippen molar-refractivity contribution in [3.63, 3.8) is 0 Å². The van der Waals surface area contributed by atoms with Crippen molar-refractivity contribution in [3.05, 3.63) is 81.2 Å². The van der Waals surface area contributed by atoms with Crippen LogP contribution in [0.2, 0.25) is 0 Å². The van der Waals surface area contributed by atoms with Gasteiger partial charge < -0.3 is 9.80 Å². The second-order valence-corrected chi connectivity index (χ2v) is 11.2. The summed E-state index contributed by atoms with van der Waals surface area (Å²) in [5, 5.41) is 4.03. The van der Waals surface area contributed by atoms with Crippen molar-refractivity contribution in [3.8, 4) is 0 Å². The minimum atomic E-state index is -0.0234. The van der Waals surface area contributed by atoms with Gasteiger partial charge in [0.15, 0.2) is 0 Å². The molecule has 0 radical (unpaired) electrons. The molecule has 0 bridgehead atoms. The van der Waals surface area contributed by atoms with E-state index in [1.54, 1.807) is 22.7 Å². The first-order chi connectivity index (χ1) is 17.7. The molecule has 6 heteroatoms. The first-order valence-electron chi connectivity index (χ1n) is 13.1. The minimum absolute atomic E-state index is 0.0234. The van der Waals surface area contributed by atoms with Crippen LogP contribution < -0.4 is 0 Å². The van der Waals surface area contributed by atoms with Crippen molar-refractivity contribution in [2.45, 2.75) is 64.2 Å². The monoisotopic (exact) mass is 520 g/mol. The highest BCUT2D eigenvalue weighted by molar-refractivity contribution is 7.11. The van der Waals surface area contributed by atoms with Gasteiger partial charge in [-0.2, -0.15) is 0 Å². The molecule has 0 fully saturated rings. The van der Waals surface area contributed by atoms with Crippen molar-refractivity contribution in [2.24, 2.45) is 0 Å². The van der Waals surface area contributed by atoms with Gasteiger partial charge in [0.25, 0.3) is 11.8 Å². The van der Waals surface area contributed by atoms with Gasteiger partial charge in [0, 0.05) is 13.1 Å². The van der Waals surface area contributed by atoms with Crippen molar-refractivity contribution in [2.75, 3.05) is 13.1 Å². The van der Waals surface area contributed by atoms with Crippen molar-refractivity contribution in [1.82, 2.24) is 9.80 Å². The Morgan fingerprint density at radius 3 is 1.42 bits per heavy atom. The molecule has 190 valence electrons. The number of carbonyl (C=O) groups is 2. The largest absolute Gasteiger partial charge is 0.306 e. The summed E-state index contributed by atoms with van der Waals surface area (Å²) in [6.45, 7) is 8.88. The second-order valence-electron chi connectivity index (χ2n) is 9.30. The smallest absolute Gasteiger partial charge is 0.261 e. The Morgan fingerprint density at radius 1 is 0.639 bits per heavy atom. The number of allylic oxidation sites excluding steroid dienone is 2. The lowest BCUT2D eigenvalue weighted by molar-refractivity contribution is -0.124. The molecular weight excluding hydrogens is 484 g/mol. The molecule has 36 heavy (non-hydrogen) atoms. The number of hydrogen-bond donors (Lipinski definition) is 0. The van der Waals surface area contributed by atoms with Gasteiger partial charge in [0.2, 0.25) is 0 Å². The van der Waals surface area contributed by atoms with E-state index in [0.717, 1.165) is 85.4 Å². The standard InChI is InChI=1S/C30H36N2O2S2/c1-3-5-7-9-11-13-19-31-27(23-17-15-21-35-23)25-26(29(31)33)28(24-18-16-22-36-24)32(30(25)34)20-14-12-10-8-6-4-2/h3-4,15-18,21-22H,1-2,5-14,19-20H2. The normalized spacial score (nSPS) is 15.4. The highest BCUT2D eigenvalue weighted by Crippen LogP contribution is 2.48. The van der Waals surface area contributed by atoms with Gasteiger partial charge in [-0.05, 0) is 61.4 Å². The van der Waals surface area contributed by atoms with Gasteiger partial charge in [-0.3, -0.25) is 9.59 Å². The predicted molar refractivity (Wildman–Crippen MR) is 152 cm³/mol. The quantitative estimate of drug-likeness (QED) is 0.167. The van der Waals surface area contributed by atoms with Crippen LogP contribution in [0.15, 0.2) is 71.5 Å². The Hall–Kier alpha value is -2.70. The summed E-state index contributed by atoms with van der Waals surface area (Å²) in [6.07, 6.45) is 14.5. The third-order valence-electron chi connectivity index (χ3n) is 6.77. The molecule has 0 aliphatic carbocycles. The summed E-state index contributed by atoms with van der Waals surface area (Å²) in [6, 6.07) is 8.04. The fourth-order valence-corrected chi connectivity index (χ4v) is 6.56. The van der Waals surface area contributed by atoms with Gasteiger partial charge in [0.05, 0.1) is 32.3 Å². The Kier molecular flexibility index (Phi) is 9.54. The highest BCUT2D eigenvalue weighted by atomic mass is 32.1. The fourth-order valence-electron chi connectivity index (χ4n) is 4.99. The topological polar surface area (TPSA) is 40.6 Å². The van der Waals surface area contributed by atoms with Crippen LogP contribution in [-0.4, -0.2) is 34.7 Å². The number of carbonyl (C=O) groups excluding carboxylic acids is 2. The van der Waals surface area contributed by atoms with Gasteiger partial charge in [-0.25, -0.2) is 0 Å². The number of hydrogen-bond acceptors (Lipinski definition) is 4. The summed E-state index contributed by atoms with van der Waals surface area (Å²) in [7, 11) is 0. The number of nitrogens with zero attached hydrogens (tertiary/aromatic N) is 2. The van der Waals surface area contributed by atoms with E-state index >= 15 is 0 Å². The van der Waals surface area contributed by atoms with Crippen LogP contribution in [0.1, 0.15) is 74.0 Å². The van der Waals surface area contributed by atoms with Crippen LogP contribution in [0.3, 0.4) is 0 Å². The molecule has 4 heterocycles. The van der Waals surface area contributed by atoms with E-state index in [9.17, 15) is 9.59 Å². The van der Waals surface area contributed by atoms with Crippen LogP contribution in [0.5, 0.6) is 0 Å². The molecular formula is C30H36N2O2S2. The van der Waals surface area contributed by atoms with E-state index in [2.05, 4.69) is 13.2 Å². The average molecular weight is 521 g/mol. The maximum Gasteiger partial charge on any atom is 0.261 e. The average Bonchev–Trinajstić information content (AvgIpc) is 3.67. The summed E-state index contributed by atoms with van der Waals surface area (Å²) in [5.74, 6) is -0.0468. The Morgan fingerprint density at radius 2 is 1.06 bits per heavy atom. The Balaban J connectivity index is 1.62. The summed E-state index contributed by atoms with van der Waals surface area (Å²) >= 11 is 3.19. The molecule has 4 nitrogen and oxygen atoms in total. The van der Waals surface area contributed by atoms with E-state index in [0.29, 0.717) is 24.2 Å². The molecule has 2 aliphatic heterocycles. The number of rotatable bonds is 16. The lowest BCUT2D eigenvalue weighted by atomic mass is 10.1. The summed E-state index contributed by atoms with van der Waals surface area (Å²) in [5.41, 5.74) is 2.82. The first-order valence-corrected chi connectivity index (χ1v) is 14.9. The molecule has 0 atom stereocenters. The molecule has 0 saturated heterocycles. The SMILES string of the molecule is C=CCCCCCCN1C(=O)C2=C(c3cccs3)N(CCCCCCC=C)C(=O)C2=C1c1cccs1. The number of amides is 2. The zero-order valence-corrected chi connectivity index (χ0v) is 22.7. The van der Waals surface area contributed by atoms with E-state index < -0.39 is 0 Å². The molecule has 2 aromatic rings. The lowest BCUT2D eigenvalue weighted by Gasteiger charge is -2.24. The maximum atomic E-state index is 13.9. The lowest BCUT2D eigenvalue weighted by Crippen LogP contribution is -2.30. The van der Waals surface area contributed by atoms with Crippen molar-refractivity contribution in [1.29, 1.82) is 0 Å². The molecule has 0 spiro atoms. The van der Waals surface area contributed by atoms with E-state index in [1.807, 2.05) is 57.0 Å². The van der Waals surface area contributed by atoms with E-state index in [-0.39, 0.29) is 11.8 Å². The third-order valence-corrected chi connectivity index (χ3v) is 8.52. The molecule has 0 aromatic carbocycles. The molecule has 2 aliphatic rings. The number of thiophene rings is 2. The Bertz CT molecular complexity index is 1040. The summed E-state index contributed by atoms with van der Waals surface area (Å²) < 4.78 is 0. The molecule has 0 N–H and O–H groups in total. The van der Waals surface area contributed by atoms with Crippen LogP contribution >= 0.6 is 22.7 Å². The molecule has 4 rings (SSSR count). The second kappa shape index (κ2) is 13.0. The Labute approximate surface area is 223 Å². The van der Waals surface area contributed by atoms with E-state index in [4.69, 9.17) is 0 Å². The molecule has 2 amide bonds. The zero-order valence-electron chi connectivity index (χ0n) is 21.0. The predicted octanol–water partition coefficient (Wildman–Crippen LogP) is 7.89. The first kappa shape index (κ1) is 26.4. The highest BCUT2D eigenvalue weighted by Gasteiger charge is 2.48. The number of fused-ring (bicyclic) bond motifs is 1. The number of unbranched alkanes of at least 4 members (excludes halogenated alkanes) is 8. The molecule has 2 aromatic heterocycles. The van der Waals surface area contributed by atoms with E-state index in [1.165, 1.54) is 0 Å². The van der Waals surface area contributed by atoms with Crippen LogP contribution in [-0.2, 0) is 9.59 Å². The summed E-state index contributed by atoms with van der Waals surface area (Å²) in [4.78, 5) is 33.6. The van der Waals surface area contributed by atoms with Crippen LogP contribution in [0.4, 0.5) is 0 Å². The fraction of sp³-hybridized carbons (Fsp3) is 0.400. The maximum absolute atomic E-state index is 13.9. The van der Waals surface area contributed by atoms with Crippen molar-refractivity contribution >= 4 is 45.9 Å².